The van der Waals surface area contributed by atoms with Crippen molar-refractivity contribution < 1.29 is 8.81 Å². The van der Waals surface area contributed by atoms with Gasteiger partial charge in [0.1, 0.15) is 5.82 Å². The van der Waals surface area contributed by atoms with Crippen LogP contribution < -0.4 is 10.7 Å². The van der Waals surface area contributed by atoms with Gasteiger partial charge < -0.3 is 4.42 Å². The number of hydrogen-bond donors (Lipinski definition) is 0. The van der Waals surface area contributed by atoms with Crippen LogP contribution in [-0.2, 0) is 7.05 Å². The Balaban J connectivity index is 1.86. The first-order chi connectivity index (χ1) is 11.0. The van der Waals surface area contributed by atoms with Gasteiger partial charge in [-0.25, -0.2) is 9.18 Å². The van der Waals surface area contributed by atoms with Crippen LogP contribution in [0, 0.1) is 5.82 Å². The van der Waals surface area contributed by atoms with E-state index >= 15 is 0 Å². The Labute approximate surface area is 136 Å². The van der Waals surface area contributed by atoms with Crippen molar-refractivity contribution in [3.8, 4) is 0 Å². The van der Waals surface area contributed by atoms with Crippen molar-refractivity contribution in [3.05, 3.63) is 40.9 Å². The molecule has 0 saturated carbocycles. The second kappa shape index (κ2) is 4.82. The van der Waals surface area contributed by atoms with Crippen molar-refractivity contribution in [3.63, 3.8) is 0 Å². The molecule has 0 bridgehead atoms. The Morgan fingerprint density at radius 3 is 2.65 bits per heavy atom. The Morgan fingerprint density at radius 2 is 1.96 bits per heavy atom. The lowest BCUT2D eigenvalue weighted by molar-refractivity contribution is 0.0757. The molecule has 0 aliphatic carbocycles. The summed E-state index contributed by atoms with van der Waals surface area (Å²) in [6, 6.07) is 2.79. The van der Waals surface area contributed by atoms with E-state index in [-0.39, 0.29) is 11.3 Å². The molecule has 0 amide bonds. The maximum absolute atomic E-state index is 14.6. The van der Waals surface area contributed by atoms with Gasteiger partial charge in [0.2, 0.25) is 5.11 Å². The zero-order valence-corrected chi connectivity index (χ0v) is 13.4. The second-order valence-electron chi connectivity index (χ2n) is 5.69. The van der Waals surface area contributed by atoms with Crippen LogP contribution in [0.5, 0.6) is 0 Å². The third-order valence-corrected chi connectivity index (χ3v) is 4.74. The molecule has 0 radical (unpaired) electrons. The van der Waals surface area contributed by atoms with Crippen molar-refractivity contribution in [1.82, 2.24) is 14.6 Å². The predicted octanol–water partition coefficient (Wildman–Crippen LogP) is 2.16. The topological polar surface area (TPSA) is 44.9 Å². The number of aromatic nitrogens is 1. The van der Waals surface area contributed by atoms with Gasteiger partial charge >= 0.3 is 5.76 Å². The van der Waals surface area contributed by atoms with Gasteiger partial charge in [-0.2, -0.15) is 0 Å². The first-order valence-electron chi connectivity index (χ1n) is 7.36. The summed E-state index contributed by atoms with van der Waals surface area (Å²) >= 11 is 5.51. The lowest BCUT2D eigenvalue weighted by atomic mass is 10.2. The Bertz CT molecular complexity index is 879. The van der Waals surface area contributed by atoms with E-state index in [1.165, 1.54) is 10.6 Å². The third kappa shape index (κ3) is 1.91. The fraction of sp³-hybridized carbons (Fsp3) is 0.333. The minimum atomic E-state index is -0.527. The number of thiocarbonyl (C=S) groups is 1. The number of anilines is 1. The van der Waals surface area contributed by atoms with E-state index in [0.717, 1.165) is 25.9 Å². The first-order valence-corrected chi connectivity index (χ1v) is 7.77. The van der Waals surface area contributed by atoms with E-state index in [1.807, 2.05) is 10.0 Å². The average Bonchev–Trinajstić information content (AvgIpc) is 2.95. The Kier molecular flexibility index (Phi) is 2.99. The fourth-order valence-corrected chi connectivity index (χ4v) is 3.52. The zero-order chi connectivity index (χ0) is 16.3. The van der Waals surface area contributed by atoms with Crippen LogP contribution in [0.3, 0.4) is 0 Å². The van der Waals surface area contributed by atoms with Crippen molar-refractivity contribution in [2.45, 2.75) is 12.8 Å². The number of aryl methyl sites for hydroxylation is 1. The van der Waals surface area contributed by atoms with E-state index in [4.69, 9.17) is 16.6 Å². The van der Waals surface area contributed by atoms with Crippen molar-refractivity contribution in [2.75, 3.05) is 18.0 Å². The van der Waals surface area contributed by atoms with Gasteiger partial charge in [0.15, 0.2) is 11.4 Å². The van der Waals surface area contributed by atoms with Crippen LogP contribution >= 0.6 is 12.2 Å². The van der Waals surface area contributed by atoms with Crippen LogP contribution in [0.15, 0.2) is 33.7 Å². The summed E-state index contributed by atoms with van der Waals surface area (Å²) in [7, 11) is 1.58. The number of nitrogens with zero attached hydrogens (tertiary/aromatic N) is 4. The van der Waals surface area contributed by atoms with E-state index in [9.17, 15) is 9.18 Å². The molecule has 2 saturated heterocycles. The Hall–Kier alpha value is -2.35. The molecule has 23 heavy (non-hydrogen) atoms. The van der Waals surface area contributed by atoms with Crippen LogP contribution in [0.4, 0.5) is 10.1 Å². The molecule has 8 heteroatoms. The van der Waals surface area contributed by atoms with Gasteiger partial charge in [0.25, 0.3) is 0 Å². The number of rotatable bonds is 1. The highest BCUT2D eigenvalue weighted by Gasteiger charge is 2.39. The van der Waals surface area contributed by atoms with E-state index < -0.39 is 11.6 Å². The molecule has 6 nitrogen and oxygen atoms in total. The summed E-state index contributed by atoms with van der Waals surface area (Å²) in [4.78, 5) is 13.2. The summed E-state index contributed by atoms with van der Waals surface area (Å²) in [5, 5.41) is 4.42. The predicted molar refractivity (Wildman–Crippen MR) is 88.3 cm³/mol. The van der Waals surface area contributed by atoms with Crippen LogP contribution in [0.25, 0.3) is 11.1 Å². The largest absolute Gasteiger partial charge is 0.419 e. The first kappa shape index (κ1) is 14.3. The number of benzene rings is 1. The van der Waals surface area contributed by atoms with Crippen molar-refractivity contribution in [2.24, 2.45) is 7.05 Å². The number of fused-ring (bicyclic) bond motifs is 2. The van der Waals surface area contributed by atoms with Crippen LogP contribution in [0.2, 0.25) is 0 Å². The van der Waals surface area contributed by atoms with Crippen molar-refractivity contribution in [1.29, 1.82) is 0 Å². The number of hydrazine groups is 1. The molecule has 2 aliphatic heterocycles. The van der Waals surface area contributed by atoms with Crippen molar-refractivity contribution >= 4 is 34.1 Å². The molecule has 4 rings (SSSR count). The Morgan fingerprint density at radius 1 is 1.26 bits per heavy atom. The molecule has 0 atom stereocenters. The van der Waals surface area contributed by atoms with E-state index in [2.05, 4.69) is 6.58 Å². The number of oxazole rings is 1. The standard InChI is InChI=1S/C15H15FN4O2S/c1-9-18-5-3-4-6-19(18)14(23)20(9)11-8-12-13(7-10(11)16)22-15(21)17(12)2/h7-8H,1,3-6H2,2H3. The van der Waals surface area contributed by atoms with Gasteiger partial charge in [-0.1, -0.05) is 6.58 Å². The minimum Gasteiger partial charge on any atom is -0.408 e. The summed E-state index contributed by atoms with van der Waals surface area (Å²) in [5.41, 5.74) is 1.01. The molecule has 1 aromatic carbocycles. The lowest BCUT2D eigenvalue weighted by Crippen LogP contribution is -2.42. The molecule has 0 unspecified atom stereocenters. The van der Waals surface area contributed by atoms with Gasteiger partial charge in [0, 0.05) is 26.2 Å². The molecule has 2 fully saturated rings. The molecule has 2 aliphatic rings. The number of hydrogen-bond acceptors (Lipinski definition) is 4. The van der Waals surface area contributed by atoms with E-state index in [0.29, 0.717) is 16.5 Å². The highest BCUT2D eigenvalue weighted by Crippen LogP contribution is 2.35. The lowest BCUT2D eigenvalue weighted by Gasteiger charge is -2.33. The van der Waals surface area contributed by atoms with Gasteiger partial charge in [0.05, 0.1) is 11.2 Å². The third-order valence-electron chi connectivity index (χ3n) is 4.35. The molecule has 1 aromatic heterocycles. The minimum absolute atomic E-state index is 0.215. The highest BCUT2D eigenvalue weighted by atomic mass is 32.1. The quantitative estimate of drug-likeness (QED) is 0.745. The zero-order valence-electron chi connectivity index (χ0n) is 12.6. The summed E-state index contributed by atoms with van der Waals surface area (Å²) in [5.74, 6) is -0.404. The summed E-state index contributed by atoms with van der Waals surface area (Å²) in [6.07, 6.45) is 2.08. The molecule has 2 aromatic rings. The SMILES string of the molecule is C=C1N(c2cc3c(cc2F)oc(=O)n3C)C(=S)N2CCCCN12. The summed E-state index contributed by atoms with van der Waals surface area (Å²) in [6.45, 7) is 5.66. The maximum atomic E-state index is 14.6. The number of halogens is 1. The summed E-state index contributed by atoms with van der Waals surface area (Å²) < 4.78 is 20.9. The average molecular weight is 334 g/mol. The second-order valence-corrected chi connectivity index (χ2v) is 6.05. The van der Waals surface area contributed by atoms with Gasteiger partial charge in [-0.15, -0.1) is 0 Å². The molecule has 3 heterocycles. The van der Waals surface area contributed by atoms with Gasteiger partial charge in [-0.05, 0) is 31.1 Å². The maximum Gasteiger partial charge on any atom is 0.419 e. The smallest absolute Gasteiger partial charge is 0.408 e. The highest BCUT2D eigenvalue weighted by molar-refractivity contribution is 7.80. The molecule has 0 spiro atoms. The fourth-order valence-electron chi connectivity index (χ4n) is 3.12. The molecule has 120 valence electrons. The van der Waals surface area contributed by atoms with E-state index in [1.54, 1.807) is 18.0 Å². The normalized spacial score (nSPS) is 18.3. The van der Waals surface area contributed by atoms with Gasteiger partial charge in [-0.3, -0.25) is 19.5 Å². The van der Waals surface area contributed by atoms with Crippen LogP contribution in [-0.4, -0.2) is 32.8 Å². The monoisotopic (exact) mass is 334 g/mol. The molecular weight excluding hydrogens is 319 g/mol. The molecule has 0 N–H and O–H groups in total. The van der Waals surface area contributed by atoms with Crippen LogP contribution in [0.1, 0.15) is 12.8 Å². The molecular formula is C15H15FN4O2S.